The Balaban J connectivity index is 1.82. The summed E-state index contributed by atoms with van der Waals surface area (Å²) in [7, 11) is 0. The Morgan fingerprint density at radius 1 is 1.05 bits per heavy atom. The van der Waals surface area contributed by atoms with Crippen LogP contribution in [0, 0.1) is 0 Å². The third-order valence-electron chi connectivity index (χ3n) is 3.39. The van der Waals surface area contributed by atoms with E-state index in [1.807, 2.05) is 48.9 Å². The number of aromatic amines is 1. The van der Waals surface area contributed by atoms with E-state index in [2.05, 4.69) is 28.2 Å². The van der Waals surface area contributed by atoms with Crippen molar-refractivity contribution in [1.29, 1.82) is 0 Å². The first-order chi connectivity index (χ1) is 9.83. The van der Waals surface area contributed by atoms with Crippen molar-refractivity contribution in [2.45, 2.75) is 12.5 Å². The Morgan fingerprint density at radius 2 is 1.90 bits per heavy atom. The molecule has 3 rings (SSSR count). The van der Waals surface area contributed by atoms with Crippen molar-refractivity contribution in [2.24, 2.45) is 5.73 Å². The fourth-order valence-electron chi connectivity index (χ4n) is 2.31. The summed E-state index contributed by atoms with van der Waals surface area (Å²) in [5.41, 5.74) is 10.7. The van der Waals surface area contributed by atoms with Crippen molar-refractivity contribution in [3.63, 3.8) is 0 Å². The number of aromatic nitrogens is 2. The number of pyridine rings is 1. The third kappa shape index (κ3) is 2.78. The molecule has 0 bridgehead atoms. The molecule has 20 heavy (non-hydrogen) atoms. The maximum Gasteiger partial charge on any atom is 0.0580 e. The molecule has 0 spiro atoms. The maximum atomic E-state index is 6.28. The summed E-state index contributed by atoms with van der Waals surface area (Å²) in [4.78, 5) is 7.48. The molecule has 1 aromatic carbocycles. The molecule has 0 saturated heterocycles. The van der Waals surface area contributed by atoms with Crippen LogP contribution in [0.4, 0.5) is 0 Å². The lowest BCUT2D eigenvalue weighted by molar-refractivity contribution is 0.697. The largest absolute Gasteiger partial charge is 0.367 e. The van der Waals surface area contributed by atoms with Crippen molar-refractivity contribution < 1.29 is 0 Å². The molecule has 0 saturated carbocycles. The number of nitrogens with one attached hydrogen (secondary N) is 1. The van der Waals surface area contributed by atoms with Gasteiger partial charge in [-0.3, -0.25) is 4.98 Å². The summed E-state index contributed by atoms with van der Waals surface area (Å²) in [5, 5.41) is 0. The van der Waals surface area contributed by atoms with E-state index in [9.17, 15) is 0 Å². The van der Waals surface area contributed by atoms with Crippen LogP contribution >= 0.6 is 0 Å². The molecule has 100 valence electrons. The minimum atomic E-state index is -0.0868. The van der Waals surface area contributed by atoms with Crippen LogP contribution in [0.5, 0.6) is 0 Å². The number of hydrogen-bond donors (Lipinski definition) is 2. The Labute approximate surface area is 118 Å². The number of benzene rings is 1. The van der Waals surface area contributed by atoms with Gasteiger partial charge in [0.15, 0.2) is 0 Å². The van der Waals surface area contributed by atoms with Gasteiger partial charge in [0, 0.05) is 18.6 Å². The average molecular weight is 263 g/mol. The zero-order valence-corrected chi connectivity index (χ0v) is 11.2. The normalized spacial score (nSPS) is 12.2. The van der Waals surface area contributed by atoms with Crippen LogP contribution in [-0.4, -0.2) is 9.97 Å². The van der Waals surface area contributed by atoms with Gasteiger partial charge in [-0.1, -0.05) is 30.3 Å². The van der Waals surface area contributed by atoms with E-state index < -0.39 is 0 Å². The Morgan fingerprint density at radius 3 is 2.65 bits per heavy atom. The summed E-state index contributed by atoms with van der Waals surface area (Å²) in [6.45, 7) is 0. The second-order valence-corrected chi connectivity index (χ2v) is 4.87. The van der Waals surface area contributed by atoms with Gasteiger partial charge in [0.05, 0.1) is 11.7 Å². The van der Waals surface area contributed by atoms with E-state index in [0.29, 0.717) is 0 Å². The molecule has 0 aliphatic carbocycles. The molecule has 3 aromatic rings. The van der Waals surface area contributed by atoms with E-state index >= 15 is 0 Å². The van der Waals surface area contributed by atoms with Gasteiger partial charge in [0.25, 0.3) is 0 Å². The standard InChI is InChI=1S/C17H17N3/c18-16(10-13-4-2-1-3-5-13)17-11-14(7-9-20-17)15-6-8-19-12-15/h1-9,11-12,16,19H,10,18H2. The lowest BCUT2D eigenvalue weighted by Crippen LogP contribution is -2.14. The Bertz CT molecular complexity index is 660. The molecule has 1 unspecified atom stereocenters. The number of nitrogens with zero attached hydrogens (tertiary/aromatic N) is 1. The summed E-state index contributed by atoms with van der Waals surface area (Å²) in [6, 6.07) is 16.3. The van der Waals surface area contributed by atoms with Gasteiger partial charge in [-0.05, 0) is 41.3 Å². The van der Waals surface area contributed by atoms with Gasteiger partial charge in [0.2, 0.25) is 0 Å². The van der Waals surface area contributed by atoms with Crippen LogP contribution in [-0.2, 0) is 6.42 Å². The van der Waals surface area contributed by atoms with E-state index in [-0.39, 0.29) is 6.04 Å². The minimum Gasteiger partial charge on any atom is -0.367 e. The number of rotatable bonds is 4. The molecule has 3 nitrogen and oxygen atoms in total. The van der Waals surface area contributed by atoms with Crippen LogP contribution in [0.2, 0.25) is 0 Å². The molecule has 0 aliphatic rings. The van der Waals surface area contributed by atoms with Crippen LogP contribution in [0.15, 0.2) is 67.1 Å². The van der Waals surface area contributed by atoms with Gasteiger partial charge in [-0.25, -0.2) is 0 Å². The SMILES string of the molecule is NC(Cc1ccccc1)c1cc(-c2cc[nH]c2)ccn1. The molecule has 0 amide bonds. The van der Waals surface area contributed by atoms with Gasteiger partial charge in [-0.15, -0.1) is 0 Å². The molecule has 2 aromatic heterocycles. The first kappa shape index (κ1) is 12.6. The monoisotopic (exact) mass is 263 g/mol. The summed E-state index contributed by atoms with van der Waals surface area (Å²) >= 11 is 0. The zero-order chi connectivity index (χ0) is 13.8. The molecule has 0 radical (unpaired) electrons. The molecule has 0 fully saturated rings. The molecule has 1 atom stereocenters. The van der Waals surface area contributed by atoms with E-state index in [4.69, 9.17) is 5.73 Å². The Kier molecular flexibility index (Phi) is 3.61. The smallest absolute Gasteiger partial charge is 0.0580 e. The van der Waals surface area contributed by atoms with Crippen LogP contribution < -0.4 is 5.73 Å². The topological polar surface area (TPSA) is 54.7 Å². The van der Waals surface area contributed by atoms with Gasteiger partial charge in [-0.2, -0.15) is 0 Å². The second-order valence-electron chi connectivity index (χ2n) is 4.87. The van der Waals surface area contributed by atoms with Gasteiger partial charge >= 0.3 is 0 Å². The highest BCUT2D eigenvalue weighted by atomic mass is 14.8. The number of hydrogen-bond acceptors (Lipinski definition) is 2. The number of nitrogens with two attached hydrogens (primary N) is 1. The van der Waals surface area contributed by atoms with Crippen molar-refractivity contribution in [2.75, 3.05) is 0 Å². The minimum absolute atomic E-state index is 0.0868. The molecular formula is C17H17N3. The fourth-order valence-corrected chi connectivity index (χ4v) is 2.31. The van der Waals surface area contributed by atoms with E-state index in [0.717, 1.165) is 23.2 Å². The van der Waals surface area contributed by atoms with E-state index in [1.54, 1.807) is 0 Å². The molecule has 3 heteroatoms. The van der Waals surface area contributed by atoms with E-state index in [1.165, 1.54) is 5.56 Å². The first-order valence-corrected chi connectivity index (χ1v) is 6.71. The van der Waals surface area contributed by atoms with Gasteiger partial charge < -0.3 is 10.7 Å². The van der Waals surface area contributed by atoms with Crippen molar-refractivity contribution in [1.82, 2.24) is 9.97 Å². The Hall–Kier alpha value is -2.39. The van der Waals surface area contributed by atoms with Crippen molar-refractivity contribution in [3.05, 3.63) is 78.4 Å². The summed E-state index contributed by atoms with van der Waals surface area (Å²) in [6.07, 6.45) is 6.51. The highest BCUT2D eigenvalue weighted by molar-refractivity contribution is 5.62. The highest BCUT2D eigenvalue weighted by Crippen LogP contribution is 2.22. The first-order valence-electron chi connectivity index (χ1n) is 6.71. The predicted octanol–water partition coefficient (Wildman–Crippen LogP) is 3.32. The second kappa shape index (κ2) is 5.72. The van der Waals surface area contributed by atoms with Gasteiger partial charge in [0.1, 0.15) is 0 Å². The predicted molar refractivity (Wildman–Crippen MR) is 81.1 cm³/mol. The lowest BCUT2D eigenvalue weighted by Gasteiger charge is -2.12. The molecule has 3 N–H and O–H groups in total. The molecule has 0 aliphatic heterocycles. The third-order valence-corrected chi connectivity index (χ3v) is 3.39. The zero-order valence-electron chi connectivity index (χ0n) is 11.2. The summed E-state index contributed by atoms with van der Waals surface area (Å²) < 4.78 is 0. The van der Waals surface area contributed by atoms with Crippen molar-refractivity contribution >= 4 is 0 Å². The maximum absolute atomic E-state index is 6.28. The van der Waals surface area contributed by atoms with Crippen LogP contribution in [0.3, 0.4) is 0 Å². The fraction of sp³-hybridized carbons (Fsp3) is 0.118. The number of H-pyrrole nitrogens is 1. The van der Waals surface area contributed by atoms with Crippen molar-refractivity contribution in [3.8, 4) is 11.1 Å². The van der Waals surface area contributed by atoms with Crippen LogP contribution in [0.25, 0.3) is 11.1 Å². The molecule has 2 heterocycles. The lowest BCUT2D eigenvalue weighted by atomic mass is 10.0. The molecular weight excluding hydrogens is 246 g/mol. The highest BCUT2D eigenvalue weighted by Gasteiger charge is 2.10. The summed E-state index contributed by atoms with van der Waals surface area (Å²) in [5.74, 6) is 0. The quantitative estimate of drug-likeness (QED) is 0.758. The van der Waals surface area contributed by atoms with Crippen LogP contribution in [0.1, 0.15) is 17.3 Å². The average Bonchev–Trinajstić information content (AvgIpc) is 3.03.